The van der Waals surface area contributed by atoms with Gasteiger partial charge in [0.1, 0.15) is 18.6 Å². The topological polar surface area (TPSA) is 230 Å². The number of carbonyl (C=O) groups excluding carboxylic acids is 5. The maximum absolute atomic E-state index is 11.1. The monoisotopic (exact) mass is 663 g/mol. The van der Waals surface area contributed by atoms with Gasteiger partial charge in [0, 0.05) is 13.3 Å². The molecule has 0 bridgehead atoms. The highest BCUT2D eigenvalue weighted by Crippen LogP contribution is 2.01. The lowest BCUT2D eigenvalue weighted by molar-refractivity contribution is -0.126. The first-order valence-corrected chi connectivity index (χ1v) is 15.2. The average Bonchev–Trinajstić information content (AvgIpc) is 3.09. The van der Waals surface area contributed by atoms with Crippen LogP contribution in [0, 0.1) is 5.41 Å². The zero-order valence-corrected chi connectivity index (χ0v) is 29.4. The summed E-state index contributed by atoms with van der Waals surface area (Å²) in [5.41, 5.74) is 11.5. The Balaban J connectivity index is -0.000000161. The summed E-state index contributed by atoms with van der Waals surface area (Å²) in [6, 6.07) is 19.6. The van der Waals surface area contributed by atoms with E-state index in [2.05, 4.69) is 77.6 Å². The second kappa shape index (κ2) is 43.8. The fourth-order valence-corrected chi connectivity index (χ4v) is 2.95. The molecular formula is C34H61N7O6. The second-order valence-electron chi connectivity index (χ2n) is 8.93. The van der Waals surface area contributed by atoms with E-state index in [9.17, 15) is 24.0 Å². The number of primary amides is 1. The lowest BCUT2D eigenvalue weighted by Crippen LogP contribution is -2.49. The van der Waals surface area contributed by atoms with Gasteiger partial charge in [0.25, 0.3) is 0 Å². The molecule has 2 aromatic rings. The molecule has 0 aliphatic heterocycles. The molecule has 0 aliphatic rings. The van der Waals surface area contributed by atoms with Crippen molar-refractivity contribution in [2.45, 2.75) is 65.5 Å². The maximum Gasteiger partial charge on any atom is 0.240 e. The molecular weight excluding hydrogens is 602 g/mol. The van der Waals surface area contributed by atoms with E-state index < -0.39 is 12.1 Å². The Morgan fingerprint density at radius 2 is 1.30 bits per heavy atom. The van der Waals surface area contributed by atoms with Crippen molar-refractivity contribution < 1.29 is 29.1 Å². The molecule has 0 heterocycles. The van der Waals surface area contributed by atoms with Crippen LogP contribution in [0.1, 0.15) is 51.7 Å². The first-order chi connectivity index (χ1) is 22.5. The van der Waals surface area contributed by atoms with E-state index in [1.54, 1.807) is 7.05 Å². The van der Waals surface area contributed by atoms with Gasteiger partial charge in [0.05, 0.1) is 19.2 Å². The van der Waals surface area contributed by atoms with Gasteiger partial charge in [-0.3, -0.25) is 14.4 Å². The summed E-state index contributed by atoms with van der Waals surface area (Å²) in [4.78, 5) is 51.3. The van der Waals surface area contributed by atoms with E-state index in [1.165, 1.54) is 32.9 Å². The third kappa shape index (κ3) is 43.9. The molecule has 2 atom stereocenters. The number of aryl methyl sites for hydroxylation is 2. The van der Waals surface area contributed by atoms with Crippen molar-refractivity contribution in [3.8, 4) is 0 Å². The quantitative estimate of drug-likeness (QED) is 0.114. The molecule has 10 N–H and O–H groups in total. The highest BCUT2D eigenvalue weighted by molar-refractivity contribution is 5.83. The first-order valence-electron chi connectivity index (χ1n) is 15.2. The van der Waals surface area contributed by atoms with Gasteiger partial charge in [-0.2, -0.15) is 0 Å². The number of aldehydes is 2. The molecule has 13 heteroatoms. The van der Waals surface area contributed by atoms with Crippen LogP contribution < -0.4 is 32.7 Å². The Hall–Kier alpha value is -4.30. The number of nitrogens with one attached hydrogen (secondary N) is 5. The van der Waals surface area contributed by atoms with Crippen LogP contribution >= 0.6 is 0 Å². The lowest BCUT2D eigenvalue weighted by atomic mass is 10.1. The Bertz CT molecular complexity index is 975. The molecule has 2 aromatic carbocycles. The number of rotatable bonds is 13. The van der Waals surface area contributed by atoms with Crippen LogP contribution in [-0.4, -0.2) is 95.0 Å². The van der Waals surface area contributed by atoms with Gasteiger partial charge >= 0.3 is 0 Å². The largest absolute Gasteiger partial charge is 0.391 e. The number of aliphatic hydroxyl groups is 1. The molecule has 0 saturated heterocycles. The predicted molar refractivity (Wildman–Crippen MR) is 192 cm³/mol. The molecule has 0 spiro atoms. The molecule has 13 nitrogen and oxygen atoms in total. The number of hydrogen-bond donors (Lipinski definition) is 8. The zero-order chi connectivity index (χ0) is 37.3. The minimum Gasteiger partial charge on any atom is -0.391 e. The second-order valence-corrected chi connectivity index (χ2v) is 8.93. The van der Waals surface area contributed by atoms with Crippen molar-refractivity contribution in [2.24, 2.45) is 11.5 Å². The van der Waals surface area contributed by atoms with E-state index in [0.29, 0.717) is 25.4 Å². The van der Waals surface area contributed by atoms with Crippen LogP contribution in [-0.2, 0) is 36.8 Å². The minimum absolute atomic E-state index is 0.0241. The Labute approximate surface area is 282 Å². The van der Waals surface area contributed by atoms with E-state index in [0.717, 1.165) is 18.5 Å². The van der Waals surface area contributed by atoms with Crippen molar-refractivity contribution in [2.75, 3.05) is 40.8 Å². The Morgan fingerprint density at radius 1 is 0.872 bits per heavy atom. The number of hydrogen-bond acceptors (Lipinski definition) is 10. The van der Waals surface area contributed by atoms with Crippen molar-refractivity contribution in [1.29, 1.82) is 5.41 Å². The standard InChI is InChI=1S/C11H13NO2.C8H10.C7H14N2O3.C4H11N.C2H5NO.CH5N.CH3N/c13-9-8-12-11(14)7-6-10-4-2-1-3-5-10;1-2-8-6-4-3-5-7-8;1-5(11)6(8-2)7(12)9-3-4-10;1-3-4-5-2;1-2(3)4;2*1-2/h1-5,9H,6-8H2,(H,12,14);3-7H,2H2,1H3;4-6,8,11H,3H2,1-2H3,(H,9,12);5H,3-4H2,1-2H3;1H3,(H2,3,4);2H2,1H3;2H,1H2. The van der Waals surface area contributed by atoms with E-state index in [1.807, 2.05) is 43.4 Å². The van der Waals surface area contributed by atoms with Gasteiger partial charge in [-0.15, -0.1) is 0 Å². The number of nitrogens with two attached hydrogens (primary N) is 2. The molecule has 0 radical (unpaired) electrons. The van der Waals surface area contributed by atoms with Crippen LogP contribution in [0.4, 0.5) is 0 Å². The molecule has 47 heavy (non-hydrogen) atoms. The van der Waals surface area contributed by atoms with Gasteiger partial charge in [-0.25, -0.2) is 0 Å². The minimum atomic E-state index is -0.776. The number of amides is 3. The van der Waals surface area contributed by atoms with Crippen molar-refractivity contribution in [1.82, 2.24) is 21.3 Å². The summed E-state index contributed by atoms with van der Waals surface area (Å²) in [5, 5.41) is 25.1. The molecule has 0 aromatic heterocycles. The molecule has 3 amide bonds. The molecule has 2 rings (SSSR count). The SMILES string of the molecule is C=N.CC(N)=O.CCCNC.CCc1ccccc1.CN.CNC(C(=O)NCC=O)C(C)O.O=CCNC(=O)CCc1ccccc1. The number of carbonyl (C=O) groups is 5. The highest BCUT2D eigenvalue weighted by Gasteiger charge is 2.20. The molecule has 0 fully saturated rings. The number of aliphatic hydroxyl groups excluding tert-OH is 1. The van der Waals surface area contributed by atoms with E-state index in [-0.39, 0.29) is 30.8 Å². The third-order valence-electron chi connectivity index (χ3n) is 5.05. The smallest absolute Gasteiger partial charge is 0.240 e. The van der Waals surface area contributed by atoms with Gasteiger partial charge < -0.3 is 52.8 Å². The lowest BCUT2D eigenvalue weighted by Gasteiger charge is -2.17. The summed E-state index contributed by atoms with van der Waals surface area (Å²) in [6.07, 6.45) is 4.01. The van der Waals surface area contributed by atoms with E-state index >= 15 is 0 Å². The Kier molecular flexibility index (Phi) is 48.7. The highest BCUT2D eigenvalue weighted by atomic mass is 16.3. The van der Waals surface area contributed by atoms with Gasteiger partial charge in [0.2, 0.25) is 17.7 Å². The van der Waals surface area contributed by atoms with Crippen LogP contribution in [0.5, 0.6) is 0 Å². The zero-order valence-electron chi connectivity index (χ0n) is 29.4. The van der Waals surface area contributed by atoms with Crippen LogP contribution in [0.25, 0.3) is 0 Å². The predicted octanol–water partition coefficient (Wildman–Crippen LogP) is 1.40. The summed E-state index contributed by atoms with van der Waals surface area (Å²) >= 11 is 0. The van der Waals surface area contributed by atoms with Gasteiger partial charge in [-0.05, 0) is 71.7 Å². The summed E-state index contributed by atoms with van der Waals surface area (Å²) in [5.74, 6) is -0.791. The summed E-state index contributed by atoms with van der Waals surface area (Å²) < 4.78 is 0. The molecule has 0 saturated carbocycles. The molecule has 0 aliphatic carbocycles. The first kappa shape index (κ1) is 52.2. The fraction of sp³-hybridized carbons (Fsp3) is 0.471. The van der Waals surface area contributed by atoms with Crippen molar-refractivity contribution >= 4 is 37.0 Å². The molecule has 2 unspecified atom stereocenters. The fourth-order valence-electron chi connectivity index (χ4n) is 2.95. The normalized spacial score (nSPS) is 9.81. The number of likely N-dealkylation sites (N-methyl/N-ethyl adjacent to an activating group) is 1. The van der Waals surface area contributed by atoms with Crippen molar-refractivity contribution in [3.05, 3.63) is 71.8 Å². The summed E-state index contributed by atoms with van der Waals surface area (Å²) in [6.45, 7) is 10.8. The third-order valence-corrected chi connectivity index (χ3v) is 5.05. The van der Waals surface area contributed by atoms with Gasteiger partial charge in [0.15, 0.2) is 0 Å². The van der Waals surface area contributed by atoms with Crippen molar-refractivity contribution in [3.63, 3.8) is 0 Å². The van der Waals surface area contributed by atoms with E-state index in [4.69, 9.17) is 10.5 Å². The average molecular weight is 664 g/mol. The maximum atomic E-state index is 11.1. The summed E-state index contributed by atoms with van der Waals surface area (Å²) in [7, 11) is 5.03. The van der Waals surface area contributed by atoms with Crippen LogP contribution in [0.2, 0.25) is 0 Å². The van der Waals surface area contributed by atoms with Gasteiger partial charge in [-0.1, -0.05) is 74.5 Å². The van der Waals surface area contributed by atoms with Crippen LogP contribution in [0.3, 0.4) is 0 Å². The molecule has 268 valence electrons. The van der Waals surface area contributed by atoms with Crippen LogP contribution in [0.15, 0.2) is 60.7 Å². The number of benzene rings is 2. The Morgan fingerprint density at radius 3 is 1.60 bits per heavy atom.